The van der Waals surface area contributed by atoms with Gasteiger partial charge in [0.2, 0.25) is 0 Å². The van der Waals surface area contributed by atoms with Gasteiger partial charge in [-0.1, -0.05) is 0 Å². The highest BCUT2D eigenvalue weighted by molar-refractivity contribution is 5.98. The molecule has 18 heavy (non-hydrogen) atoms. The van der Waals surface area contributed by atoms with Crippen LogP contribution in [0.4, 0.5) is 0 Å². The van der Waals surface area contributed by atoms with Crippen LogP contribution >= 0.6 is 0 Å². The molecule has 0 radical (unpaired) electrons. The molecule has 0 amide bonds. The fourth-order valence-electron chi connectivity index (χ4n) is 2.66. The third-order valence-electron chi connectivity index (χ3n) is 3.74. The molecule has 2 rings (SSSR count). The largest absolute Gasteiger partial charge is 0.378 e. The van der Waals surface area contributed by atoms with Crippen molar-refractivity contribution in [2.45, 2.75) is 52.1 Å². The predicted molar refractivity (Wildman–Crippen MR) is 69.8 cm³/mol. The molecule has 0 N–H and O–H groups in total. The van der Waals surface area contributed by atoms with E-state index in [1.54, 1.807) is 4.68 Å². The maximum absolute atomic E-state index is 12.2. The second-order valence-corrected chi connectivity index (χ2v) is 5.12. The van der Waals surface area contributed by atoms with Gasteiger partial charge in [0.25, 0.3) is 0 Å². The average Bonchev–Trinajstić information content (AvgIpc) is 2.89. The number of nitrogens with zero attached hydrogens (tertiary/aromatic N) is 2. The third kappa shape index (κ3) is 2.80. The molecule has 1 unspecified atom stereocenters. The van der Waals surface area contributed by atoms with Gasteiger partial charge in [0.1, 0.15) is 0 Å². The van der Waals surface area contributed by atoms with Gasteiger partial charge in [0.05, 0.1) is 17.4 Å². The molecular weight excluding hydrogens is 228 g/mol. The maximum atomic E-state index is 12.2. The summed E-state index contributed by atoms with van der Waals surface area (Å²) >= 11 is 0. The van der Waals surface area contributed by atoms with E-state index in [-0.39, 0.29) is 5.78 Å². The van der Waals surface area contributed by atoms with Crippen LogP contribution in [0, 0.1) is 13.8 Å². The zero-order valence-electron chi connectivity index (χ0n) is 11.5. The lowest BCUT2D eigenvalue weighted by molar-refractivity contribution is 0.0922. The van der Waals surface area contributed by atoms with E-state index in [1.807, 2.05) is 20.9 Å². The van der Waals surface area contributed by atoms with Crippen molar-refractivity contribution in [2.24, 2.45) is 7.05 Å². The summed E-state index contributed by atoms with van der Waals surface area (Å²) in [6.07, 6.45) is 5.22. The van der Waals surface area contributed by atoms with E-state index in [9.17, 15) is 4.79 Å². The van der Waals surface area contributed by atoms with Crippen molar-refractivity contribution < 1.29 is 9.53 Å². The lowest BCUT2D eigenvalue weighted by atomic mass is 10.0. The van der Waals surface area contributed by atoms with Gasteiger partial charge in [0.15, 0.2) is 5.78 Å². The number of rotatable bonds is 5. The molecule has 4 nitrogen and oxygen atoms in total. The van der Waals surface area contributed by atoms with Crippen molar-refractivity contribution in [3.63, 3.8) is 0 Å². The lowest BCUT2D eigenvalue weighted by Crippen LogP contribution is -2.07. The summed E-state index contributed by atoms with van der Waals surface area (Å²) in [5.74, 6) is 0.219. The number of hydrogen-bond acceptors (Lipinski definition) is 3. The molecule has 0 aromatic carbocycles. The van der Waals surface area contributed by atoms with Crippen LogP contribution in [0.15, 0.2) is 0 Å². The summed E-state index contributed by atoms with van der Waals surface area (Å²) in [5, 5.41) is 4.29. The molecule has 1 fully saturated rings. The first-order chi connectivity index (χ1) is 8.59. The van der Waals surface area contributed by atoms with Crippen molar-refractivity contribution in [2.75, 3.05) is 6.61 Å². The second-order valence-electron chi connectivity index (χ2n) is 5.12. The van der Waals surface area contributed by atoms with Crippen molar-refractivity contribution >= 4 is 5.78 Å². The summed E-state index contributed by atoms with van der Waals surface area (Å²) in [6.45, 7) is 4.74. The van der Waals surface area contributed by atoms with Crippen LogP contribution in [-0.2, 0) is 11.8 Å². The van der Waals surface area contributed by atoms with Crippen molar-refractivity contribution in [3.8, 4) is 0 Å². The molecular formula is C14H22N2O2. The van der Waals surface area contributed by atoms with Gasteiger partial charge < -0.3 is 4.74 Å². The summed E-state index contributed by atoms with van der Waals surface area (Å²) in [5.41, 5.74) is 2.62. The van der Waals surface area contributed by atoms with Crippen molar-refractivity contribution in [3.05, 3.63) is 17.0 Å². The normalized spacial score (nSPS) is 19.4. The summed E-state index contributed by atoms with van der Waals surface area (Å²) in [6, 6.07) is 0. The Morgan fingerprint density at radius 3 is 2.83 bits per heavy atom. The number of aromatic nitrogens is 2. The molecule has 1 saturated heterocycles. The Bertz CT molecular complexity index is 431. The monoisotopic (exact) mass is 250 g/mol. The number of aryl methyl sites for hydroxylation is 2. The highest BCUT2D eigenvalue weighted by Crippen LogP contribution is 2.20. The minimum Gasteiger partial charge on any atom is -0.378 e. The molecule has 1 aromatic rings. The SMILES string of the molecule is Cc1nn(C)c(C)c1C(=O)CCCC1CCCO1. The van der Waals surface area contributed by atoms with Gasteiger partial charge in [-0.15, -0.1) is 0 Å². The van der Waals surface area contributed by atoms with Gasteiger partial charge in [-0.3, -0.25) is 9.48 Å². The highest BCUT2D eigenvalue weighted by Gasteiger charge is 2.19. The number of hydrogen-bond donors (Lipinski definition) is 0. The minimum atomic E-state index is 0.219. The van der Waals surface area contributed by atoms with E-state index in [1.165, 1.54) is 6.42 Å². The summed E-state index contributed by atoms with van der Waals surface area (Å²) in [7, 11) is 1.88. The van der Waals surface area contributed by atoms with Crippen LogP contribution in [0.5, 0.6) is 0 Å². The second kappa shape index (κ2) is 5.65. The standard InChI is InChI=1S/C14H22N2O2/c1-10-14(11(2)16(3)15-10)13(17)8-4-6-12-7-5-9-18-12/h12H,4-9H2,1-3H3. The molecule has 4 heteroatoms. The van der Waals surface area contributed by atoms with E-state index >= 15 is 0 Å². The Balaban J connectivity index is 1.87. The predicted octanol–water partition coefficient (Wildman–Crippen LogP) is 2.57. The zero-order valence-corrected chi connectivity index (χ0v) is 11.5. The first-order valence-electron chi connectivity index (χ1n) is 6.74. The average molecular weight is 250 g/mol. The first kappa shape index (κ1) is 13.3. The van der Waals surface area contributed by atoms with E-state index < -0.39 is 0 Å². The number of Topliss-reactive ketones (excluding diaryl/α,β-unsaturated/α-hetero) is 1. The number of ketones is 1. The molecule has 100 valence electrons. The smallest absolute Gasteiger partial charge is 0.166 e. The Morgan fingerprint density at radius 2 is 2.28 bits per heavy atom. The molecule has 1 aromatic heterocycles. The Labute approximate surface area is 108 Å². The highest BCUT2D eigenvalue weighted by atomic mass is 16.5. The van der Waals surface area contributed by atoms with Crippen LogP contribution in [0.3, 0.4) is 0 Å². The fraction of sp³-hybridized carbons (Fsp3) is 0.714. The zero-order chi connectivity index (χ0) is 13.1. The van der Waals surface area contributed by atoms with Crippen LogP contribution in [0.2, 0.25) is 0 Å². The maximum Gasteiger partial charge on any atom is 0.166 e. The number of carbonyl (C=O) groups is 1. The van der Waals surface area contributed by atoms with E-state index in [4.69, 9.17) is 4.74 Å². The van der Waals surface area contributed by atoms with Crippen molar-refractivity contribution in [1.82, 2.24) is 9.78 Å². The first-order valence-corrected chi connectivity index (χ1v) is 6.74. The molecule has 0 saturated carbocycles. The Hall–Kier alpha value is -1.16. The van der Waals surface area contributed by atoms with Gasteiger partial charge in [-0.25, -0.2) is 0 Å². The van der Waals surface area contributed by atoms with Crippen LogP contribution in [0.1, 0.15) is 53.8 Å². The van der Waals surface area contributed by atoms with Crippen LogP contribution in [0.25, 0.3) is 0 Å². The molecule has 0 aliphatic carbocycles. The molecule has 1 aliphatic rings. The molecule has 2 heterocycles. The molecule has 1 atom stereocenters. The topological polar surface area (TPSA) is 44.1 Å². The van der Waals surface area contributed by atoms with E-state index in [2.05, 4.69) is 5.10 Å². The van der Waals surface area contributed by atoms with Gasteiger partial charge >= 0.3 is 0 Å². The third-order valence-corrected chi connectivity index (χ3v) is 3.74. The van der Waals surface area contributed by atoms with Crippen molar-refractivity contribution in [1.29, 1.82) is 0 Å². The quantitative estimate of drug-likeness (QED) is 0.754. The molecule has 0 spiro atoms. The fourth-order valence-corrected chi connectivity index (χ4v) is 2.66. The number of carbonyl (C=O) groups excluding carboxylic acids is 1. The van der Waals surface area contributed by atoms with E-state index in [0.29, 0.717) is 12.5 Å². The Morgan fingerprint density at radius 1 is 1.50 bits per heavy atom. The van der Waals surface area contributed by atoms with E-state index in [0.717, 1.165) is 42.8 Å². The Kier molecular flexibility index (Phi) is 4.17. The van der Waals surface area contributed by atoms with Crippen LogP contribution in [-0.4, -0.2) is 28.3 Å². The van der Waals surface area contributed by atoms with Gasteiger partial charge in [-0.05, 0) is 39.5 Å². The molecule has 0 bridgehead atoms. The van der Waals surface area contributed by atoms with Gasteiger partial charge in [0, 0.05) is 25.8 Å². The molecule has 1 aliphatic heterocycles. The number of ether oxygens (including phenoxy) is 1. The van der Waals surface area contributed by atoms with Gasteiger partial charge in [-0.2, -0.15) is 5.10 Å². The summed E-state index contributed by atoms with van der Waals surface area (Å²) in [4.78, 5) is 12.2. The minimum absolute atomic E-state index is 0.219. The lowest BCUT2D eigenvalue weighted by Gasteiger charge is -2.08. The van der Waals surface area contributed by atoms with Crippen LogP contribution < -0.4 is 0 Å². The summed E-state index contributed by atoms with van der Waals surface area (Å²) < 4.78 is 7.34.